The molecule has 1 heterocycles. The van der Waals surface area contributed by atoms with E-state index in [9.17, 15) is 14.7 Å². The fraction of sp³-hybridized carbons (Fsp3) is 0.583. The lowest BCUT2D eigenvalue weighted by atomic mass is 10.0. The maximum absolute atomic E-state index is 12.5. The molecular weight excluding hydrogens is 266 g/mol. The van der Waals surface area contributed by atoms with Gasteiger partial charge >= 0.3 is 5.69 Å². The van der Waals surface area contributed by atoms with Gasteiger partial charge in [-0.1, -0.05) is 0 Å². The van der Waals surface area contributed by atoms with Crippen molar-refractivity contribution >= 4 is 17.7 Å². The minimum absolute atomic E-state index is 0.153. The topological polar surface area (TPSA) is 86.3 Å². The minimum Gasteiger partial charge on any atom is -0.394 e. The Hall–Kier alpha value is -1.34. The number of nitrogens with one attached hydrogen (secondary N) is 1. The van der Waals surface area contributed by atoms with Gasteiger partial charge in [-0.3, -0.25) is 4.79 Å². The highest BCUT2D eigenvalue weighted by Crippen LogP contribution is 2.22. The van der Waals surface area contributed by atoms with E-state index in [1.165, 1.54) is 16.7 Å². The maximum Gasteiger partial charge on any atom is 0.346 e. The molecule has 106 valence electrons. The number of thioether (sulfide) groups is 1. The molecule has 0 aliphatic rings. The third-order valence-electron chi connectivity index (χ3n) is 3.09. The molecule has 0 bridgehead atoms. The molecule has 0 aliphatic carbocycles. The Bertz CT molecular complexity index is 540. The Labute approximate surface area is 116 Å². The highest BCUT2D eigenvalue weighted by molar-refractivity contribution is 7.98. The summed E-state index contributed by atoms with van der Waals surface area (Å²) in [6.45, 7) is 5.03. The molecule has 0 atom stereocenters. The highest BCUT2D eigenvalue weighted by Gasteiger charge is 2.30. The molecular formula is C12H19N3O3S. The van der Waals surface area contributed by atoms with Crippen LogP contribution in [0.25, 0.3) is 0 Å². The number of hydrogen-bond acceptors (Lipinski definition) is 5. The standard InChI is InChI=1S/C12H19N3O3S/c1-7-8(9(19-5)14-11(18)13-7)10(17)15(4)12(2,3)6-16/h16H,6H2,1-5H3,(H,13,14,18). The fourth-order valence-electron chi connectivity index (χ4n) is 1.51. The van der Waals surface area contributed by atoms with E-state index in [1.54, 1.807) is 34.1 Å². The van der Waals surface area contributed by atoms with Crippen molar-refractivity contribution in [1.29, 1.82) is 0 Å². The van der Waals surface area contributed by atoms with Crippen molar-refractivity contribution in [2.45, 2.75) is 31.3 Å². The number of H-pyrrole nitrogens is 1. The summed E-state index contributed by atoms with van der Waals surface area (Å²) in [5, 5.41) is 9.72. The average Bonchev–Trinajstić information content (AvgIpc) is 2.36. The van der Waals surface area contributed by atoms with E-state index >= 15 is 0 Å². The van der Waals surface area contributed by atoms with Gasteiger partial charge < -0.3 is 15.0 Å². The van der Waals surface area contributed by atoms with Crippen molar-refractivity contribution in [1.82, 2.24) is 14.9 Å². The van der Waals surface area contributed by atoms with E-state index in [-0.39, 0.29) is 12.5 Å². The zero-order valence-electron chi connectivity index (χ0n) is 11.8. The van der Waals surface area contributed by atoms with Gasteiger partial charge in [-0.15, -0.1) is 11.8 Å². The Balaban J connectivity index is 3.31. The second-order valence-corrected chi connectivity index (χ2v) is 5.68. The third-order valence-corrected chi connectivity index (χ3v) is 3.78. The monoisotopic (exact) mass is 285 g/mol. The molecule has 0 saturated carbocycles. The van der Waals surface area contributed by atoms with Crippen molar-refractivity contribution in [2.75, 3.05) is 19.9 Å². The zero-order chi connectivity index (χ0) is 14.8. The van der Waals surface area contributed by atoms with Crippen molar-refractivity contribution in [3.63, 3.8) is 0 Å². The molecule has 7 heteroatoms. The lowest BCUT2D eigenvalue weighted by Crippen LogP contribution is -2.48. The van der Waals surface area contributed by atoms with Crippen LogP contribution in [0.5, 0.6) is 0 Å². The number of aromatic amines is 1. The van der Waals surface area contributed by atoms with Crippen LogP contribution in [0.15, 0.2) is 9.82 Å². The van der Waals surface area contributed by atoms with E-state index in [0.29, 0.717) is 16.3 Å². The normalized spacial score (nSPS) is 11.5. The summed E-state index contributed by atoms with van der Waals surface area (Å²) >= 11 is 1.25. The van der Waals surface area contributed by atoms with Gasteiger partial charge in [0.15, 0.2) is 0 Å². The molecule has 2 N–H and O–H groups in total. The summed E-state index contributed by atoms with van der Waals surface area (Å²) in [5.41, 5.74) is -0.302. The molecule has 0 radical (unpaired) electrons. The molecule has 19 heavy (non-hydrogen) atoms. The van der Waals surface area contributed by atoms with Gasteiger partial charge in [0, 0.05) is 12.7 Å². The van der Waals surface area contributed by atoms with Crippen LogP contribution in [0.3, 0.4) is 0 Å². The summed E-state index contributed by atoms with van der Waals surface area (Å²) in [4.78, 5) is 31.6. The Morgan fingerprint density at radius 1 is 1.53 bits per heavy atom. The van der Waals surface area contributed by atoms with Crippen LogP contribution in [0.4, 0.5) is 0 Å². The number of aryl methyl sites for hydroxylation is 1. The van der Waals surface area contributed by atoms with Crippen LogP contribution in [0.2, 0.25) is 0 Å². The number of likely N-dealkylation sites (N-methyl/N-ethyl adjacent to an activating group) is 1. The summed E-state index contributed by atoms with van der Waals surface area (Å²) < 4.78 is 0. The quantitative estimate of drug-likeness (QED) is 0.626. The second-order valence-electron chi connectivity index (χ2n) is 4.89. The van der Waals surface area contributed by atoms with Crippen molar-refractivity contribution < 1.29 is 9.90 Å². The average molecular weight is 285 g/mol. The number of amides is 1. The molecule has 1 aromatic rings. The molecule has 6 nitrogen and oxygen atoms in total. The van der Waals surface area contributed by atoms with Gasteiger partial charge in [-0.25, -0.2) is 4.79 Å². The van der Waals surface area contributed by atoms with Gasteiger partial charge in [-0.2, -0.15) is 4.98 Å². The number of aromatic nitrogens is 2. The molecule has 1 rings (SSSR count). The second kappa shape index (κ2) is 5.75. The summed E-state index contributed by atoms with van der Waals surface area (Å²) in [5.74, 6) is -0.273. The van der Waals surface area contributed by atoms with Gasteiger partial charge in [0.1, 0.15) is 5.03 Å². The number of aliphatic hydroxyl groups is 1. The maximum atomic E-state index is 12.5. The lowest BCUT2D eigenvalue weighted by molar-refractivity contribution is 0.0467. The van der Waals surface area contributed by atoms with E-state index in [1.807, 2.05) is 0 Å². The minimum atomic E-state index is -0.685. The number of hydrogen-bond donors (Lipinski definition) is 2. The summed E-state index contributed by atoms with van der Waals surface area (Å²) in [7, 11) is 1.62. The van der Waals surface area contributed by atoms with Gasteiger partial charge in [0.2, 0.25) is 0 Å². The molecule has 0 spiro atoms. The largest absolute Gasteiger partial charge is 0.394 e. The molecule has 0 aromatic carbocycles. The number of carbonyl (C=O) groups is 1. The molecule has 0 unspecified atom stereocenters. The van der Waals surface area contributed by atoms with Crippen LogP contribution in [-0.4, -0.2) is 51.3 Å². The Kier molecular flexibility index (Phi) is 4.75. The Morgan fingerprint density at radius 2 is 2.11 bits per heavy atom. The summed E-state index contributed by atoms with van der Waals surface area (Å²) in [6, 6.07) is 0. The summed E-state index contributed by atoms with van der Waals surface area (Å²) in [6.07, 6.45) is 1.76. The Morgan fingerprint density at radius 3 is 2.58 bits per heavy atom. The first kappa shape index (κ1) is 15.7. The van der Waals surface area contributed by atoms with E-state index in [2.05, 4.69) is 9.97 Å². The van der Waals surface area contributed by atoms with Crippen LogP contribution < -0.4 is 5.69 Å². The lowest BCUT2D eigenvalue weighted by Gasteiger charge is -2.34. The third kappa shape index (κ3) is 3.16. The highest BCUT2D eigenvalue weighted by atomic mass is 32.2. The van der Waals surface area contributed by atoms with Gasteiger partial charge in [0.05, 0.1) is 17.7 Å². The first-order valence-electron chi connectivity index (χ1n) is 5.78. The van der Waals surface area contributed by atoms with Crippen LogP contribution in [0.1, 0.15) is 29.9 Å². The number of carbonyl (C=O) groups excluding carboxylic acids is 1. The first-order valence-corrected chi connectivity index (χ1v) is 7.01. The van der Waals surface area contributed by atoms with Crippen molar-refractivity contribution in [3.05, 3.63) is 21.7 Å². The van der Waals surface area contributed by atoms with Crippen LogP contribution >= 0.6 is 11.8 Å². The smallest absolute Gasteiger partial charge is 0.346 e. The van der Waals surface area contributed by atoms with Gasteiger partial charge in [0.25, 0.3) is 5.91 Å². The van der Waals surface area contributed by atoms with Gasteiger partial charge in [-0.05, 0) is 27.0 Å². The SMILES string of the molecule is CSc1nc(=O)[nH]c(C)c1C(=O)N(C)C(C)(C)CO. The molecule has 0 saturated heterocycles. The predicted molar refractivity (Wildman–Crippen MR) is 74.6 cm³/mol. The fourth-order valence-corrected chi connectivity index (χ4v) is 2.13. The van der Waals surface area contributed by atoms with E-state index < -0.39 is 11.2 Å². The van der Waals surface area contributed by atoms with E-state index in [0.717, 1.165) is 0 Å². The van der Waals surface area contributed by atoms with Crippen LogP contribution in [0, 0.1) is 6.92 Å². The zero-order valence-corrected chi connectivity index (χ0v) is 12.6. The number of rotatable bonds is 4. The first-order chi connectivity index (χ1) is 8.74. The van der Waals surface area contributed by atoms with Crippen molar-refractivity contribution in [3.8, 4) is 0 Å². The van der Waals surface area contributed by atoms with Crippen LogP contribution in [-0.2, 0) is 0 Å². The van der Waals surface area contributed by atoms with E-state index in [4.69, 9.17) is 0 Å². The molecule has 0 aliphatic heterocycles. The molecule has 1 aromatic heterocycles. The molecule has 0 fully saturated rings. The predicted octanol–water partition coefficient (Wildman–Crippen LogP) is 0.643. The number of nitrogens with zero attached hydrogens (tertiary/aromatic N) is 2. The van der Waals surface area contributed by atoms with Crippen molar-refractivity contribution in [2.24, 2.45) is 0 Å². The molecule has 1 amide bonds. The number of aliphatic hydroxyl groups excluding tert-OH is 1.